The summed E-state index contributed by atoms with van der Waals surface area (Å²) >= 11 is 6.60. The molecule has 1 aliphatic heterocycles. The highest BCUT2D eigenvalue weighted by atomic mass is 79.9. The number of carbonyl (C=O) groups excluding carboxylic acids is 2. The van der Waals surface area contributed by atoms with Crippen LogP contribution in [0.5, 0.6) is 5.75 Å². The number of phenols is 1. The van der Waals surface area contributed by atoms with Crippen LogP contribution in [-0.4, -0.2) is 24.2 Å². The molecule has 0 bridgehead atoms. The minimum Gasteiger partial charge on any atom is -0.506 e. The summed E-state index contributed by atoms with van der Waals surface area (Å²) in [5.41, 5.74) is 1.13. The lowest BCUT2D eigenvalue weighted by Crippen LogP contribution is -2.47. The molecule has 8 heteroatoms. The van der Waals surface area contributed by atoms with Crippen molar-refractivity contribution in [2.24, 2.45) is 5.92 Å². The number of phenolic OH excluding ortho intramolecular Hbond substituents is 1. The highest BCUT2D eigenvalue weighted by Crippen LogP contribution is 2.40. The molecule has 1 heterocycles. The first-order valence-corrected chi connectivity index (χ1v) is 8.42. The molecule has 0 aromatic heterocycles. The third kappa shape index (κ3) is 3.53. The van der Waals surface area contributed by atoms with E-state index in [-0.39, 0.29) is 17.2 Å². The zero-order valence-corrected chi connectivity index (χ0v) is 15.9. The zero-order chi connectivity index (χ0) is 17.3. The van der Waals surface area contributed by atoms with Crippen LogP contribution in [0.1, 0.15) is 25.5 Å². The highest BCUT2D eigenvalue weighted by molar-refractivity contribution is 9.11. The number of esters is 1. The fraction of sp³-hybridized carbons (Fsp3) is 0.333. The lowest BCUT2D eigenvalue weighted by atomic mass is 9.91. The van der Waals surface area contributed by atoms with E-state index in [1.807, 2.05) is 13.8 Å². The number of hydrogen-bond acceptors (Lipinski definition) is 4. The fourth-order valence-electron chi connectivity index (χ4n) is 2.42. The number of methoxy groups -OCH3 is 1. The average molecular weight is 448 g/mol. The molecule has 0 aliphatic carbocycles. The van der Waals surface area contributed by atoms with Gasteiger partial charge in [0.2, 0.25) is 0 Å². The van der Waals surface area contributed by atoms with E-state index in [0.29, 0.717) is 20.2 Å². The number of urea groups is 1. The molecule has 1 atom stereocenters. The molecule has 1 aliphatic rings. The summed E-state index contributed by atoms with van der Waals surface area (Å²) in [7, 11) is 1.28. The van der Waals surface area contributed by atoms with Crippen LogP contribution in [0.2, 0.25) is 0 Å². The van der Waals surface area contributed by atoms with Crippen molar-refractivity contribution in [2.45, 2.75) is 19.9 Å². The second kappa shape index (κ2) is 6.92. The number of ether oxygens (including phenoxy) is 1. The molecule has 1 unspecified atom stereocenters. The maximum Gasteiger partial charge on any atom is 0.337 e. The first kappa shape index (κ1) is 17.8. The Morgan fingerprint density at radius 1 is 1.35 bits per heavy atom. The molecule has 0 saturated carbocycles. The van der Waals surface area contributed by atoms with Crippen LogP contribution in [0.15, 0.2) is 32.3 Å². The van der Waals surface area contributed by atoms with Crippen molar-refractivity contribution in [3.63, 3.8) is 0 Å². The van der Waals surface area contributed by atoms with Crippen LogP contribution in [0.25, 0.3) is 0 Å². The molecule has 0 fully saturated rings. The van der Waals surface area contributed by atoms with Gasteiger partial charge in [0.15, 0.2) is 0 Å². The second-order valence-electron chi connectivity index (χ2n) is 5.33. The molecule has 3 N–H and O–H groups in total. The lowest BCUT2D eigenvalue weighted by molar-refractivity contribution is -0.136. The Labute approximate surface area is 150 Å². The van der Waals surface area contributed by atoms with Crippen molar-refractivity contribution >= 4 is 43.9 Å². The summed E-state index contributed by atoms with van der Waals surface area (Å²) < 4.78 is 6.01. The fourth-order valence-corrected chi connectivity index (χ4v) is 3.68. The normalized spacial score (nSPS) is 17.8. The van der Waals surface area contributed by atoms with Gasteiger partial charge in [-0.2, -0.15) is 0 Å². The van der Waals surface area contributed by atoms with Gasteiger partial charge in [0, 0.05) is 15.7 Å². The average Bonchev–Trinajstić information content (AvgIpc) is 2.49. The molecular formula is C15H16Br2N2O4. The molecule has 1 aromatic carbocycles. The van der Waals surface area contributed by atoms with Crippen LogP contribution in [0.3, 0.4) is 0 Å². The van der Waals surface area contributed by atoms with E-state index < -0.39 is 18.0 Å². The first-order valence-electron chi connectivity index (χ1n) is 6.84. The molecule has 0 radical (unpaired) electrons. The minimum atomic E-state index is -0.817. The Bertz CT molecular complexity index is 701. The van der Waals surface area contributed by atoms with Gasteiger partial charge in [-0.3, -0.25) is 0 Å². The van der Waals surface area contributed by atoms with E-state index >= 15 is 0 Å². The number of allylic oxidation sites excluding steroid dienone is 1. The molecule has 0 spiro atoms. The van der Waals surface area contributed by atoms with Crippen LogP contribution in [-0.2, 0) is 9.53 Å². The van der Waals surface area contributed by atoms with Crippen LogP contribution < -0.4 is 10.6 Å². The van der Waals surface area contributed by atoms with Gasteiger partial charge in [-0.25, -0.2) is 9.59 Å². The molecule has 2 amide bonds. The number of benzene rings is 1. The van der Waals surface area contributed by atoms with E-state index in [0.717, 1.165) is 0 Å². The van der Waals surface area contributed by atoms with E-state index in [4.69, 9.17) is 4.74 Å². The highest BCUT2D eigenvalue weighted by Gasteiger charge is 2.36. The van der Waals surface area contributed by atoms with Crippen molar-refractivity contribution in [1.29, 1.82) is 0 Å². The van der Waals surface area contributed by atoms with Gasteiger partial charge in [0.1, 0.15) is 5.75 Å². The summed E-state index contributed by atoms with van der Waals surface area (Å²) in [5, 5.41) is 15.7. The predicted octanol–water partition coefficient (Wildman–Crippen LogP) is 3.35. The lowest BCUT2D eigenvalue weighted by Gasteiger charge is -2.31. The molecule has 0 saturated heterocycles. The standard InChI is InChI=1S/C15H16Br2N2O4/c1-6(2)11-10(14(21)23-3)12(19-15(22)18-11)8-4-7(16)5-9(17)13(8)20/h4-6,12,20H,1-3H3,(H2,18,19,22). The number of aromatic hydroxyl groups is 1. The monoisotopic (exact) mass is 446 g/mol. The molecule has 124 valence electrons. The number of halogens is 2. The van der Waals surface area contributed by atoms with Gasteiger partial charge in [-0.1, -0.05) is 29.8 Å². The molecule has 6 nitrogen and oxygen atoms in total. The van der Waals surface area contributed by atoms with Gasteiger partial charge in [0.25, 0.3) is 0 Å². The third-order valence-electron chi connectivity index (χ3n) is 3.45. The van der Waals surface area contributed by atoms with E-state index in [1.54, 1.807) is 12.1 Å². The van der Waals surface area contributed by atoms with Crippen LogP contribution in [0, 0.1) is 5.92 Å². The van der Waals surface area contributed by atoms with E-state index in [9.17, 15) is 14.7 Å². The number of hydrogen-bond donors (Lipinski definition) is 3. The molecule has 23 heavy (non-hydrogen) atoms. The van der Waals surface area contributed by atoms with Crippen LogP contribution in [0.4, 0.5) is 4.79 Å². The van der Waals surface area contributed by atoms with Crippen LogP contribution >= 0.6 is 31.9 Å². The largest absolute Gasteiger partial charge is 0.506 e. The maximum absolute atomic E-state index is 12.3. The Kier molecular flexibility index (Phi) is 5.36. The van der Waals surface area contributed by atoms with Crippen molar-refractivity contribution < 1.29 is 19.4 Å². The summed E-state index contributed by atoms with van der Waals surface area (Å²) in [4.78, 5) is 24.3. The van der Waals surface area contributed by atoms with Crippen molar-refractivity contribution in [3.8, 4) is 5.75 Å². The number of rotatable bonds is 3. The summed E-state index contributed by atoms with van der Waals surface area (Å²) in [6, 6.07) is 2.06. The molecule has 2 rings (SSSR count). The summed E-state index contributed by atoms with van der Waals surface area (Å²) in [5.74, 6) is -0.720. The SMILES string of the molecule is COC(=O)C1=C(C(C)C)NC(=O)NC1c1cc(Br)cc(Br)c1O. The van der Waals surface area contributed by atoms with Crippen molar-refractivity contribution in [3.05, 3.63) is 37.9 Å². The molecular weight excluding hydrogens is 432 g/mol. The van der Waals surface area contributed by atoms with Gasteiger partial charge in [0.05, 0.1) is 23.2 Å². The Balaban J connectivity index is 2.70. The summed E-state index contributed by atoms with van der Waals surface area (Å²) in [6.45, 7) is 3.72. The Hall–Kier alpha value is -1.54. The van der Waals surface area contributed by atoms with E-state index in [2.05, 4.69) is 42.5 Å². The molecule has 1 aromatic rings. The number of nitrogens with one attached hydrogen (secondary N) is 2. The van der Waals surface area contributed by atoms with Gasteiger partial charge < -0.3 is 20.5 Å². The topological polar surface area (TPSA) is 87.7 Å². The Morgan fingerprint density at radius 2 is 2.00 bits per heavy atom. The minimum absolute atomic E-state index is 0.0510. The quantitative estimate of drug-likeness (QED) is 0.620. The van der Waals surface area contributed by atoms with Gasteiger partial charge >= 0.3 is 12.0 Å². The first-order chi connectivity index (χ1) is 10.8. The van der Waals surface area contributed by atoms with Crippen molar-refractivity contribution in [2.75, 3.05) is 7.11 Å². The zero-order valence-electron chi connectivity index (χ0n) is 12.7. The smallest absolute Gasteiger partial charge is 0.337 e. The third-order valence-corrected chi connectivity index (χ3v) is 4.52. The summed E-state index contributed by atoms with van der Waals surface area (Å²) in [6.07, 6.45) is 0. The van der Waals surface area contributed by atoms with Gasteiger partial charge in [-0.15, -0.1) is 0 Å². The number of carbonyl (C=O) groups is 2. The van der Waals surface area contributed by atoms with Crippen molar-refractivity contribution in [1.82, 2.24) is 10.6 Å². The van der Waals surface area contributed by atoms with E-state index in [1.165, 1.54) is 7.11 Å². The predicted molar refractivity (Wildman–Crippen MR) is 91.8 cm³/mol. The maximum atomic E-state index is 12.3. The Morgan fingerprint density at radius 3 is 2.57 bits per heavy atom. The second-order valence-corrected chi connectivity index (χ2v) is 7.10. The number of amides is 2. The van der Waals surface area contributed by atoms with Gasteiger partial charge in [-0.05, 0) is 34.0 Å².